The molecule has 140 valence electrons. The Labute approximate surface area is 153 Å². The number of hydrogen-bond donors (Lipinski definition) is 1. The van der Waals surface area contributed by atoms with Crippen LogP contribution in [0.2, 0.25) is 0 Å². The Kier molecular flexibility index (Phi) is 6.82. The Morgan fingerprint density at radius 2 is 1.92 bits per heavy atom. The van der Waals surface area contributed by atoms with Gasteiger partial charge in [-0.25, -0.2) is 0 Å². The highest BCUT2D eigenvalue weighted by molar-refractivity contribution is 5.84. The van der Waals surface area contributed by atoms with E-state index in [-0.39, 0.29) is 24.9 Å². The minimum atomic E-state index is -0.254. The molecule has 8 heteroatoms. The number of carbonyl (C=O) groups is 2. The molecule has 0 atom stereocenters. The molecule has 0 aliphatic rings. The molecule has 0 unspecified atom stereocenters. The van der Waals surface area contributed by atoms with E-state index in [0.717, 1.165) is 12.0 Å². The first-order chi connectivity index (χ1) is 12.4. The standard InChI is InChI=1S/C18H26N6O2/c1-5-10-19-16(25)11-23(4)17(26)12-24-21-18(20-22-24)15-8-6-14(7-9-15)13(2)3/h6-9,13H,5,10-12H2,1-4H3,(H,19,25). The molecule has 0 saturated carbocycles. The second-order valence-corrected chi connectivity index (χ2v) is 6.52. The summed E-state index contributed by atoms with van der Waals surface area (Å²) in [5.41, 5.74) is 2.08. The van der Waals surface area contributed by atoms with Crippen molar-refractivity contribution in [2.45, 2.75) is 39.7 Å². The van der Waals surface area contributed by atoms with Crippen LogP contribution in [0.4, 0.5) is 0 Å². The number of likely N-dealkylation sites (N-methyl/N-ethyl adjacent to an activating group) is 1. The molecule has 8 nitrogen and oxygen atoms in total. The molecule has 0 fully saturated rings. The van der Waals surface area contributed by atoms with Gasteiger partial charge in [0.15, 0.2) is 0 Å². The fourth-order valence-corrected chi connectivity index (χ4v) is 2.31. The zero-order valence-electron chi connectivity index (χ0n) is 15.8. The molecule has 0 radical (unpaired) electrons. The van der Waals surface area contributed by atoms with Crippen molar-refractivity contribution in [3.8, 4) is 11.4 Å². The molecule has 26 heavy (non-hydrogen) atoms. The van der Waals surface area contributed by atoms with Crippen LogP contribution in [-0.2, 0) is 16.1 Å². The number of tetrazole rings is 1. The van der Waals surface area contributed by atoms with Crippen LogP contribution in [0.15, 0.2) is 24.3 Å². The van der Waals surface area contributed by atoms with Crippen molar-refractivity contribution < 1.29 is 9.59 Å². The third kappa shape index (κ3) is 5.37. The number of carbonyl (C=O) groups excluding carboxylic acids is 2. The first-order valence-electron chi connectivity index (χ1n) is 8.79. The van der Waals surface area contributed by atoms with Gasteiger partial charge in [-0.3, -0.25) is 9.59 Å². The first-order valence-corrected chi connectivity index (χ1v) is 8.79. The zero-order valence-corrected chi connectivity index (χ0v) is 15.8. The second-order valence-electron chi connectivity index (χ2n) is 6.52. The van der Waals surface area contributed by atoms with Crippen molar-refractivity contribution >= 4 is 11.8 Å². The van der Waals surface area contributed by atoms with Crippen LogP contribution in [0.25, 0.3) is 11.4 Å². The maximum atomic E-state index is 12.2. The van der Waals surface area contributed by atoms with E-state index in [0.29, 0.717) is 18.3 Å². The van der Waals surface area contributed by atoms with Gasteiger partial charge in [-0.05, 0) is 23.1 Å². The molecular formula is C18H26N6O2. The summed E-state index contributed by atoms with van der Waals surface area (Å²) in [4.78, 5) is 26.5. The van der Waals surface area contributed by atoms with Crippen LogP contribution in [0.1, 0.15) is 38.7 Å². The summed E-state index contributed by atoms with van der Waals surface area (Å²) < 4.78 is 0. The fourth-order valence-electron chi connectivity index (χ4n) is 2.31. The highest BCUT2D eigenvalue weighted by Gasteiger charge is 2.15. The Morgan fingerprint density at radius 3 is 2.54 bits per heavy atom. The van der Waals surface area contributed by atoms with Crippen molar-refractivity contribution in [1.29, 1.82) is 0 Å². The van der Waals surface area contributed by atoms with Crippen molar-refractivity contribution in [3.63, 3.8) is 0 Å². The number of aromatic nitrogens is 4. The predicted octanol–water partition coefficient (Wildman–Crippen LogP) is 1.45. The van der Waals surface area contributed by atoms with E-state index in [9.17, 15) is 9.59 Å². The predicted molar refractivity (Wildman–Crippen MR) is 98.3 cm³/mol. The van der Waals surface area contributed by atoms with Gasteiger partial charge in [0.1, 0.15) is 6.54 Å². The molecule has 1 heterocycles. The van der Waals surface area contributed by atoms with Crippen LogP contribution < -0.4 is 5.32 Å². The Balaban J connectivity index is 1.94. The number of rotatable bonds is 8. The molecule has 1 aromatic heterocycles. The first kappa shape index (κ1) is 19.6. The summed E-state index contributed by atoms with van der Waals surface area (Å²) in [7, 11) is 1.58. The van der Waals surface area contributed by atoms with E-state index in [4.69, 9.17) is 0 Å². The van der Waals surface area contributed by atoms with E-state index >= 15 is 0 Å². The van der Waals surface area contributed by atoms with Gasteiger partial charge in [0.05, 0.1) is 6.54 Å². The minimum Gasteiger partial charge on any atom is -0.355 e. The molecule has 2 rings (SSSR count). The lowest BCUT2D eigenvalue weighted by Gasteiger charge is -2.16. The van der Waals surface area contributed by atoms with Gasteiger partial charge in [0.2, 0.25) is 17.6 Å². The van der Waals surface area contributed by atoms with E-state index in [2.05, 4.69) is 34.6 Å². The monoisotopic (exact) mass is 358 g/mol. The minimum absolute atomic E-state index is 0.0110. The van der Waals surface area contributed by atoms with Crippen LogP contribution >= 0.6 is 0 Å². The third-order valence-electron chi connectivity index (χ3n) is 3.94. The van der Waals surface area contributed by atoms with Crippen LogP contribution in [-0.4, -0.2) is 57.1 Å². The summed E-state index contributed by atoms with van der Waals surface area (Å²) in [6, 6.07) is 7.97. The molecule has 0 aliphatic carbocycles. The van der Waals surface area contributed by atoms with Gasteiger partial charge in [-0.15, -0.1) is 10.2 Å². The van der Waals surface area contributed by atoms with Crippen LogP contribution in [0.3, 0.4) is 0 Å². The highest BCUT2D eigenvalue weighted by atomic mass is 16.2. The molecule has 0 saturated heterocycles. The Morgan fingerprint density at radius 1 is 1.23 bits per heavy atom. The van der Waals surface area contributed by atoms with E-state index in [1.165, 1.54) is 15.3 Å². The normalized spacial score (nSPS) is 10.8. The lowest BCUT2D eigenvalue weighted by molar-refractivity contribution is -0.135. The van der Waals surface area contributed by atoms with Crippen molar-refractivity contribution in [2.24, 2.45) is 0 Å². The van der Waals surface area contributed by atoms with Gasteiger partial charge in [0, 0.05) is 19.2 Å². The zero-order chi connectivity index (χ0) is 19.1. The average Bonchev–Trinajstić information content (AvgIpc) is 3.08. The number of hydrogen-bond acceptors (Lipinski definition) is 5. The third-order valence-corrected chi connectivity index (χ3v) is 3.94. The highest BCUT2D eigenvalue weighted by Crippen LogP contribution is 2.19. The number of benzene rings is 1. The fraction of sp³-hybridized carbons (Fsp3) is 0.500. The maximum absolute atomic E-state index is 12.2. The van der Waals surface area contributed by atoms with Gasteiger partial charge in [0.25, 0.3) is 0 Å². The topological polar surface area (TPSA) is 93.0 Å². The molecular weight excluding hydrogens is 332 g/mol. The van der Waals surface area contributed by atoms with E-state index < -0.39 is 0 Å². The van der Waals surface area contributed by atoms with Gasteiger partial charge in [-0.2, -0.15) is 4.80 Å². The molecule has 0 aliphatic heterocycles. The lowest BCUT2D eigenvalue weighted by Crippen LogP contribution is -2.40. The summed E-state index contributed by atoms with van der Waals surface area (Å²) in [5, 5.41) is 14.9. The molecule has 2 amide bonds. The quantitative estimate of drug-likeness (QED) is 0.771. The molecule has 0 spiro atoms. The summed E-state index contributed by atoms with van der Waals surface area (Å²) in [5.74, 6) is 0.489. The van der Waals surface area contributed by atoms with E-state index in [1.54, 1.807) is 7.05 Å². The molecule has 1 aromatic carbocycles. The maximum Gasteiger partial charge on any atom is 0.246 e. The summed E-state index contributed by atoms with van der Waals surface area (Å²) >= 11 is 0. The molecule has 2 aromatic rings. The lowest BCUT2D eigenvalue weighted by atomic mass is 10.0. The largest absolute Gasteiger partial charge is 0.355 e. The summed E-state index contributed by atoms with van der Waals surface area (Å²) in [6.07, 6.45) is 0.854. The van der Waals surface area contributed by atoms with Crippen LogP contribution in [0.5, 0.6) is 0 Å². The van der Waals surface area contributed by atoms with Crippen molar-refractivity contribution in [1.82, 2.24) is 30.4 Å². The molecule has 1 N–H and O–H groups in total. The average molecular weight is 358 g/mol. The Hall–Kier alpha value is -2.77. The van der Waals surface area contributed by atoms with Crippen molar-refractivity contribution in [2.75, 3.05) is 20.1 Å². The van der Waals surface area contributed by atoms with Crippen LogP contribution in [0, 0.1) is 0 Å². The number of nitrogens with one attached hydrogen (secondary N) is 1. The number of nitrogens with zero attached hydrogens (tertiary/aromatic N) is 5. The smallest absolute Gasteiger partial charge is 0.246 e. The van der Waals surface area contributed by atoms with Gasteiger partial charge >= 0.3 is 0 Å². The van der Waals surface area contributed by atoms with Gasteiger partial charge < -0.3 is 10.2 Å². The van der Waals surface area contributed by atoms with Gasteiger partial charge in [-0.1, -0.05) is 45.0 Å². The number of amides is 2. The summed E-state index contributed by atoms with van der Waals surface area (Å²) in [6.45, 7) is 6.79. The SMILES string of the molecule is CCCNC(=O)CN(C)C(=O)Cn1nnc(-c2ccc(C(C)C)cc2)n1. The Bertz CT molecular complexity index is 738. The second kappa shape index (κ2) is 9.07. The van der Waals surface area contributed by atoms with Crippen molar-refractivity contribution in [3.05, 3.63) is 29.8 Å². The van der Waals surface area contributed by atoms with E-state index in [1.807, 2.05) is 31.2 Å². The molecule has 0 bridgehead atoms.